The predicted molar refractivity (Wildman–Crippen MR) is 207 cm³/mol. The fourth-order valence-corrected chi connectivity index (χ4v) is 8.79. The van der Waals surface area contributed by atoms with Gasteiger partial charge in [0.15, 0.2) is 0 Å². The van der Waals surface area contributed by atoms with Gasteiger partial charge in [-0.2, -0.15) is 0 Å². The molecule has 2 aliphatic rings. The number of hydrogen-bond acceptors (Lipinski definition) is 4. The van der Waals surface area contributed by atoms with Crippen molar-refractivity contribution in [2.24, 2.45) is 0 Å². The summed E-state index contributed by atoms with van der Waals surface area (Å²) in [5, 5.41) is 0. The van der Waals surface area contributed by atoms with Gasteiger partial charge in [0.25, 0.3) is 0 Å². The van der Waals surface area contributed by atoms with Crippen LogP contribution in [0.3, 0.4) is 0 Å². The Balaban J connectivity index is 1.54. The molecule has 0 spiro atoms. The first-order valence-electron chi connectivity index (χ1n) is 16.0. The van der Waals surface area contributed by atoms with Crippen molar-refractivity contribution in [3.63, 3.8) is 0 Å². The molecule has 3 aromatic heterocycles. The molecule has 0 atom stereocenters. The molecule has 0 N–H and O–H groups in total. The zero-order valence-electron chi connectivity index (χ0n) is 25.9. The first-order chi connectivity index (χ1) is 23.8. The van der Waals surface area contributed by atoms with E-state index in [9.17, 15) is 0 Å². The molecule has 9 rings (SSSR count). The molecular formula is C44H28N2S2. The van der Waals surface area contributed by atoms with E-state index in [1.54, 1.807) is 11.3 Å². The average Bonchev–Trinajstić information content (AvgIpc) is 3.94. The Hall–Kier alpha value is -5.68. The lowest BCUT2D eigenvalue weighted by Gasteiger charge is -2.12. The number of rotatable bonds is 4. The highest BCUT2D eigenvalue weighted by atomic mass is 32.1. The van der Waals surface area contributed by atoms with Gasteiger partial charge in [-0.05, 0) is 70.8 Å². The number of aromatic nitrogens is 2. The average molecular weight is 649 g/mol. The van der Waals surface area contributed by atoms with E-state index in [2.05, 4.69) is 170 Å². The Kier molecular flexibility index (Phi) is 7.23. The molecule has 226 valence electrons. The van der Waals surface area contributed by atoms with Crippen molar-refractivity contribution in [2.45, 2.75) is 0 Å². The van der Waals surface area contributed by atoms with Crippen LogP contribution in [0.25, 0.3) is 76.0 Å². The molecule has 0 fully saturated rings. The summed E-state index contributed by atoms with van der Waals surface area (Å²) in [6.07, 6.45) is 6.49. The molecule has 7 aromatic rings. The zero-order valence-corrected chi connectivity index (χ0v) is 27.5. The van der Waals surface area contributed by atoms with Crippen LogP contribution in [0.5, 0.6) is 0 Å². The van der Waals surface area contributed by atoms with Crippen LogP contribution < -0.4 is 0 Å². The van der Waals surface area contributed by atoms with Crippen LogP contribution in [0.4, 0.5) is 0 Å². The van der Waals surface area contributed by atoms with Crippen molar-refractivity contribution in [3.05, 3.63) is 180 Å². The lowest BCUT2D eigenvalue weighted by atomic mass is 9.91. The van der Waals surface area contributed by atoms with E-state index in [1.165, 1.54) is 36.4 Å². The highest BCUT2D eigenvalue weighted by molar-refractivity contribution is 7.25. The fourth-order valence-electron chi connectivity index (χ4n) is 6.52. The molecule has 8 bridgehead atoms. The van der Waals surface area contributed by atoms with E-state index in [0.717, 1.165) is 49.7 Å². The lowest BCUT2D eigenvalue weighted by Crippen LogP contribution is -1.91. The maximum atomic E-state index is 5.48. The predicted octanol–water partition coefficient (Wildman–Crippen LogP) is 12.5. The molecule has 0 saturated carbocycles. The molecule has 0 saturated heterocycles. The van der Waals surface area contributed by atoms with Crippen LogP contribution in [0, 0.1) is 0 Å². The van der Waals surface area contributed by atoms with Gasteiger partial charge in [-0.3, -0.25) is 0 Å². The first-order valence-corrected chi connectivity index (χ1v) is 17.6. The molecular weight excluding hydrogens is 621 g/mol. The van der Waals surface area contributed by atoms with Crippen LogP contribution in [0.2, 0.25) is 0 Å². The number of benzene rings is 4. The molecule has 4 heteroatoms. The molecule has 2 aliphatic heterocycles. The molecule has 0 aliphatic carbocycles. The highest BCUT2D eigenvalue weighted by Gasteiger charge is 2.24. The Morgan fingerprint density at radius 3 is 1.50 bits per heavy atom. The minimum absolute atomic E-state index is 0.944. The molecule has 4 aromatic carbocycles. The number of nitrogens with zero attached hydrogens (tertiary/aromatic N) is 2. The van der Waals surface area contributed by atoms with Gasteiger partial charge >= 0.3 is 0 Å². The molecule has 0 unspecified atom stereocenters. The third kappa shape index (κ3) is 5.31. The SMILES string of the molecule is C1=Cc2cc3sc(c(-c4ccccc4)c4nc(cc5ccc(cc1n2)s5)C=C4c1ccccc1)c(-c1ccccc1)c3-c1ccccc1. The van der Waals surface area contributed by atoms with Crippen molar-refractivity contribution in [1.82, 2.24) is 9.97 Å². The largest absolute Gasteiger partial charge is 0.249 e. The van der Waals surface area contributed by atoms with Crippen LogP contribution in [0.1, 0.15) is 28.3 Å². The van der Waals surface area contributed by atoms with Gasteiger partial charge in [0.1, 0.15) is 0 Å². The van der Waals surface area contributed by atoms with E-state index in [-0.39, 0.29) is 0 Å². The summed E-state index contributed by atoms with van der Waals surface area (Å²) in [4.78, 5) is 10.5. The first kappa shape index (κ1) is 28.5. The standard InChI is InChI=1S/C44H28N2S2/c1-5-13-29(14-6-1)38-27-35-26-37-24-23-36(47-37)25-33-21-22-34(45-33)28-39-40(30-15-7-2-8-16-30)41(31-17-9-3-10-18-31)44(48-39)42(43(38)46-35)32-19-11-4-12-20-32/h1-28H. The van der Waals surface area contributed by atoms with E-state index in [0.29, 0.717) is 0 Å². The number of fused-ring (bicyclic) bond motifs is 8. The molecule has 48 heavy (non-hydrogen) atoms. The van der Waals surface area contributed by atoms with Gasteiger partial charge in [0.05, 0.1) is 22.8 Å². The molecule has 0 radical (unpaired) electrons. The Labute approximate surface area is 287 Å². The second-order valence-corrected chi connectivity index (χ2v) is 14.0. The summed E-state index contributed by atoms with van der Waals surface area (Å²) in [5.41, 5.74) is 13.1. The van der Waals surface area contributed by atoms with Crippen molar-refractivity contribution in [1.29, 1.82) is 0 Å². The molecule has 5 heterocycles. The summed E-state index contributed by atoms with van der Waals surface area (Å²) in [5.74, 6) is 0. The smallest absolute Gasteiger partial charge is 0.0808 e. The monoisotopic (exact) mass is 648 g/mol. The number of thiophene rings is 2. The lowest BCUT2D eigenvalue weighted by molar-refractivity contribution is 1.32. The second-order valence-electron chi connectivity index (χ2n) is 11.8. The Morgan fingerprint density at radius 2 is 0.896 bits per heavy atom. The Morgan fingerprint density at radius 1 is 0.396 bits per heavy atom. The van der Waals surface area contributed by atoms with Crippen molar-refractivity contribution in [3.8, 4) is 33.4 Å². The fraction of sp³-hybridized carbons (Fsp3) is 0. The second kappa shape index (κ2) is 12.2. The normalized spacial score (nSPS) is 12.2. The maximum Gasteiger partial charge on any atom is 0.0808 e. The van der Waals surface area contributed by atoms with Crippen LogP contribution in [0.15, 0.2) is 152 Å². The third-order valence-corrected chi connectivity index (χ3v) is 10.8. The van der Waals surface area contributed by atoms with Crippen LogP contribution in [-0.4, -0.2) is 9.97 Å². The molecule has 0 amide bonds. The summed E-state index contributed by atoms with van der Waals surface area (Å²) in [7, 11) is 0. The zero-order chi connectivity index (χ0) is 31.9. The van der Waals surface area contributed by atoms with Gasteiger partial charge in [0, 0.05) is 41.1 Å². The molecule has 2 nitrogen and oxygen atoms in total. The minimum atomic E-state index is 0.944. The van der Waals surface area contributed by atoms with Crippen LogP contribution >= 0.6 is 22.7 Å². The van der Waals surface area contributed by atoms with E-state index >= 15 is 0 Å². The third-order valence-electron chi connectivity index (χ3n) is 8.65. The topological polar surface area (TPSA) is 25.8 Å². The number of hydrogen-bond donors (Lipinski definition) is 0. The van der Waals surface area contributed by atoms with Crippen molar-refractivity contribution < 1.29 is 0 Å². The van der Waals surface area contributed by atoms with Crippen molar-refractivity contribution in [2.75, 3.05) is 0 Å². The summed E-state index contributed by atoms with van der Waals surface area (Å²) >= 11 is 3.57. The van der Waals surface area contributed by atoms with Crippen molar-refractivity contribution >= 4 is 65.3 Å². The van der Waals surface area contributed by atoms with Gasteiger partial charge in [0.2, 0.25) is 0 Å². The van der Waals surface area contributed by atoms with E-state index < -0.39 is 0 Å². The maximum absolute atomic E-state index is 5.48. The van der Waals surface area contributed by atoms with Gasteiger partial charge in [-0.25, -0.2) is 9.97 Å². The van der Waals surface area contributed by atoms with Crippen LogP contribution in [-0.2, 0) is 0 Å². The summed E-state index contributed by atoms with van der Waals surface area (Å²) in [6, 6.07) is 54.0. The van der Waals surface area contributed by atoms with Gasteiger partial charge in [-0.15, -0.1) is 22.7 Å². The highest BCUT2D eigenvalue weighted by Crippen LogP contribution is 2.50. The Bertz CT molecular complexity index is 2530. The van der Waals surface area contributed by atoms with Gasteiger partial charge in [-0.1, -0.05) is 121 Å². The van der Waals surface area contributed by atoms with E-state index in [4.69, 9.17) is 9.97 Å². The summed E-state index contributed by atoms with van der Waals surface area (Å²) in [6.45, 7) is 0. The summed E-state index contributed by atoms with van der Waals surface area (Å²) < 4.78 is 4.67. The van der Waals surface area contributed by atoms with E-state index in [1.807, 2.05) is 11.3 Å². The van der Waals surface area contributed by atoms with Gasteiger partial charge < -0.3 is 0 Å². The quantitative estimate of drug-likeness (QED) is 0.190. The minimum Gasteiger partial charge on any atom is -0.249 e.